The van der Waals surface area contributed by atoms with E-state index < -0.39 is 0 Å². The van der Waals surface area contributed by atoms with Crippen LogP contribution < -0.4 is 0 Å². The minimum absolute atomic E-state index is 0.0588. The molecule has 0 N–H and O–H groups in total. The Labute approximate surface area is 244 Å². The molecule has 0 aliphatic heterocycles. The van der Waals surface area contributed by atoms with Gasteiger partial charge in [0.15, 0.2) is 0 Å². The molecule has 4 nitrogen and oxygen atoms in total. The first-order valence-electron chi connectivity index (χ1n) is 16.2. The lowest BCUT2D eigenvalue weighted by atomic mass is 10.0. The van der Waals surface area contributed by atoms with Crippen LogP contribution in [-0.4, -0.2) is 25.8 Å². The summed E-state index contributed by atoms with van der Waals surface area (Å²) < 4.78 is 17.0. The second kappa shape index (κ2) is 20.7. The van der Waals surface area contributed by atoms with Crippen LogP contribution >= 0.6 is 0 Å². The van der Waals surface area contributed by atoms with Crippen LogP contribution in [0.15, 0.2) is 60.7 Å². The van der Waals surface area contributed by atoms with Crippen LogP contribution in [0.4, 0.5) is 0 Å². The van der Waals surface area contributed by atoms with Gasteiger partial charge >= 0.3 is 5.97 Å². The molecule has 0 spiro atoms. The third kappa shape index (κ3) is 13.5. The van der Waals surface area contributed by atoms with Gasteiger partial charge in [-0.15, -0.1) is 0 Å². The Morgan fingerprint density at radius 3 is 1.40 bits per heavy atom. The summed E-state index contributed by atoms with van der Waals surface area (Å²) in [6.07, 6.45) is 17.3. The van der Waals surface area contributed by atoms with Crippen molar-refractivity contribution in [2.45, 2.75) is 110 Å². The molecule has 0 amide bonds. The molecule has 0 bridgehead atoms. The van der Waals surface area contributed by atoms with Gasteiger partial charge in [0, 0.05) is 13.2 Å². The highest BCUT2D eigenvalue weighted by Crippen LogP contribution is 2.53. The molecule has 1 aliphatic rings. The maximum absolute atomic E-state index is 12.5. The zero-order chi connectivity index (χ0) is 28.1. The maximum Gasteiger partial charge on any atom is 0.309 e. The monoisotopic (exact) mass is 550 g/mol. The van der Waals surface area contributed by atoms with Gasteiger partial charge in [-0.3, -0.25) is 4.79 Å². The largest absolute Gasteiger partial charge is 0.466 e. The fourth-order valence-corrected chi connectivity index (χ4v) is 5.93. The second-order valence-electron chi connectivity index (χ2n) is 11.5. The Kier molecular flexibility index (Phi) is 16.7. The van der Waals surface area contributed by atoms with E-state index in [0.717, 1.165) is 39.3 Å². The molecule has 222 valence electrons. The first-order chi connectivity index (χ1) is 19.8. The number of rotatable bonds is 24. The van der Waals surface area contributed by atoms with Crippen molar-refractivity contribution in [3.8, 4) is 0 Å². The molecule has 3 rings (SSSR count). The van der Waals surface area contributed by atoms with E-state index in [1.54, 1.807) is 0 Å². The van der Waals surface area contributed by atoms with Gasteiger partial charge in [-0.1, -0.05) is 125 Å². The van der Waals surface area contributed by atoms with Crippen molar-refractivity contribution in [2.75, 3.05) is 19.8 Å². The fourth-order valence-electron chi connectivity index (χ4n) is 5.93. The first kappa shape index (κ1) is 32.3. The minimum Gasteiger partial charge on any atom is -0.466 e. The lowest BCUT2D eigenvalue weighted by Crippen LogP contribution is -2.08. The highest BCUT2D eigenvalue weighted by atomic mass is 16.5. The number of esters is 1. The van der Waals surface area contributed by atoms with E-state index >= 15 is 0 Å². The van der Waals surface area contributed by atoms with E-state index in [9.17, 15) is 4.79 Å². The number of carbonyl (C=O) groups is 1. The van der Waals surface area contributed by atoms with Gasteiger partial charge < -0.3 is 14.2 Å². The SMILES string of the molecule is CCOC(=O)C1C(CCCCCCCCOCc2ccccc2)C1CCCCCCCCOCc1ccccc1. The van der Waals surface area contributed by atoms with Crippen LogP contribution in [-0.2, 0) is 32.2 Å². The zero-order valence-electron chi connectivity index (χ0n) is 25.1. The molecular formula is C36H54O4. The van der Waals surface area contributed by atoms with Crippen molar-refractivity contribution in [1.82, 2.24) is 0 Å². The molecule has 40 heavy (non-hydrogen) atoms. The predicted molar refractivity (Wildman–Crippen MR) is 164 cm³/mol. The third-order valence-electron chi connectivity index (χ3n) is 8.27. The summed E-state index contributed by atoms with van der Waals surface area (Å²) in [5.74, 6) is 1.35. The second-order valence-corrected chi connectivity index (χ2v) is 11.5. The van der Waals surface area contributed by atoms with Crippen molar-refractivity contribution in [1.29, 1.82) is 0 Å². The molecule has 4 heteroatoms. The van der Waals surface area contributed by atoms with Crippen LogP contribution in [0.25, 0.3) is 0 Å². The van der Waals surface area contributed by atoms with E-state index in [1.807, 2.05) is 19.1 Å². The van der Waals surface area contributed by atoms with Crippen LogP contribution in [0.3, 0.4) is 0 Å². The lowest BCUT2D eigenvalue weighted by molar-refractivity contribution is -0.145. The Morgan fingerprint density at radius 2 is 0.975 bits per heavy atom. The van der Waals surface area contributed by atoms with E-state index in [1.165, 1.54) is 88.2 Å². The van der Waals surface area contributed by atoms with Crippen LogP contribution in [0.2, 0.25) is 0 Å². The summed E-state index contributed by atoms with van der Waals surface area (Å²) in [5, 5.41) is 0. The molecule has 0 saturated heterocycles. The summed E-state index contributed by atoms with van der Waals surface area (Å²) in [7, 11) is 0. The Morgan fingerprint density at radius 1 is 0.575 bits per heavy atom. The van der Waals surface area contributed by atoms with Crippen molar-refractivity contribution in [3.05, 3.63) is 71.8 Å². The van der Waals surface area contributed by atoms with Gasteiger partial charge in [-0.05, 0) is 55.6 Å². The molecule has 1 aliphatic carbocycles. The molecule has 2 atom stereocenters. The van der Waals surface area contributed by atoms with Gasteiger partial charge in [0.1, 0.15) is 0 Å². The Hall–Kier alpha value is -2.17. The molecule has 2 aromatic rings. The summed E-state index contributed by atoms with van der Waals surface area (Å²) in [4.78, 5) is 12.5. The molecule has 1 fully saturated rings. The number of hydrogen-bond donors (Lipinski definition) is 0. The number of carbonyl (C=O) groups excluding carboxylic acids is 1. The summed E-state index contributed by atoms with van der Waals surface area (Å²) >= 11 is 0. The number of unbranched alkanes of at least 4 members (excludes halogenated alkanes) is 10. The molecule has 1 saturated carbocycles. The average Bonchev–Trinajstić information content (AvgIpc) is 3.68. The Bertz CT molecular complexity index is 819. The number of hydrogen-bond acceptors (Lipinski definition) is 4. The number of ether oxygens (including phenoxy) is 3. The molecule has 2 aromatic carbocycles. The molecule has 2 unspecified atom stereocenters. The minimum atomic E-state index is 0.0588. The predicted octanol–water partition coefficient (Wildman–Crippen LogP) is 9.31. The fraction of sp³-hybridized carbons (Fsp3) is 0.639. The smallest absolute Gasteiger partial charge is 0.309 e. The van der Waals surface area contributed by atoms with Crippen LogP contribution in [0.1, 0.15) is 108 Å². The van der Waals surface area contributed by atoms with E-state index in [0.29, 0.717) is 18.4 Å². The topological polar surface area (TPSA) is 44.8 Å². The molecule has 0 heterocycles. The van der Waals surface area contributed by atoms with E-state index in [-0.39, 0.29) is 11.9 Å². The summed E-state index contributed by atoms with van der Waals surface area (Å²) in [5.41, 5.74) is 2.50. The highest BCUT2D eigenvalue weighted by Gasteiger charge is 2.53. The van der Waals surface area contributed by atoms with Gasteiger partial charge in [0.05, 0.1) is 25.7 Å². The molecule has 0 radical (unpaired) electrons. The van der Waals surface area contributed by atoms with E-state index in [4.69, 9.17) is 14.2 Å². The standard InChI is InChI=1S/C36H54O4/c1-2-40-36(37)35-33(25-17-7-3-5-9-19-27-38-29-31-21-13-11-14-22-31)34(35)26-18-8-4-6-10-20-28-39-30-32-23-15-12-16-24-32/h11-16,21-24,33-35H,2-10,17-20,25-30H2,1H3. The van der Waals surface area contributed by atoms with Gasteiger partial charge in [0.25, 0.3) is 0 Å². The Balaban J connectivity index is 1.14. The van der Waals surface area contributed by atoms with Crippen LogP contribution in [0, 0.1) is 17.8 Å². The van der Waals surface area contributed by atoms with Gasteiger partial charge in [-0.25, -0.2) is 0 Å². The van der Waals surface area contributed by atoms with Crippen LogP contribution in [0.5, 0.6) is 0 Å². The average molecular weight is 551 g/mol. The van der Waals surface area contributed by atoms with Gasteiger partial charge in [0.2, 0.25) is 0 Å². The van der Waals surface area contributed by atoms with Gasteiger partial charge in [-0.2, -0.15) is 0 Å². The molecule has 0 aromatic heterocycles. The number of benzene rings is 2. The highest BCUT2D eigenvalue weighted by molar-refractivity contribution is 5.76. The quantitative estimate of drug-likeness (QED) is 0.0965. The molecular weight excluding hydrogens is 496 g/mol. The van der Waals surface area contributed by atoms with Crippen molar-refractivity contribution < 1.29 is 19.0 Å². The lowest BCUT2D eigenvalue weighted by Gasteiger charge is -2.05. The normalized spacial score (nSPS) is 18.1. The third-order valence-corrected chi connectivity index (χ3v) is 8.27. The maximum atomic E-state index is 12.5. The summed E-state index contributed by atoms with van der Waals surface area (Å²) in [6, 6.07) is 20.8. The zero-order valence-corrected chi connectivity index (χ0v) is 25.1. The van der Waals surface area contributed by atoms with Crippen molar-refractivity contribution in [3.63, 3.8) is 0 Å². The van der Waals surface area contributed by atoms with Crippen molar-refractivity contribution in [2.24, 2.45) is 17.8 Å². The van der Waals surface area contributed by atoms with E-state index in [2.05, 4.69) is 48.5 Å². The first-order valence-corrected chi connectivity index (χ1v) is 16.2. The summed E-state index contributed by atoms with van der Waals surface area (Å²) in [6.45, 7) is 5.56. The van der Waals surface area contributed by atoms with Crippen molar-refractivity contribution >= 4 is 5.97 Å².